The highest BCUT2D eigenvalue weighted by Gasteiger charge is 2.22. The Hall–Kier alpha value is -3.10. The Bertz CT molecular complexity index is 711. The summed E-state index contributed by atoms with van der Waals surface area (Å²) in [7, 11) is 1.43. The molecule has 0 bridgehead atoms. The molecular weight excluding hydrogens is 354 g/mol. The number of urea groups is 1. The molecule has 3 N–H and O–H groups in total. The van der Waals surface area contributed by atoms with E-state index >= 15 is 0 Å². The van der Waals surface area contributed by atoms with Crippen LogP contribution in [0.5, 0.6) is 5.75 Å². The number of imide groups is 1. The standard InChI is InChI=1S/C18H25N3O6/c1-11(15(23)20-17(25)21-18(2,3)4)27-14(22)10-19-16(24)12-8-6-7-9-13(12)26-5/h6-9,11H,10H2,1-5H3,(H,19,24)(H2,20,21,23,25)/t11-/m1/s1. The number of carbonyl (C=O) groups excluding carboxylic acids is 4. The van der Waals surface area contributed by atoms with Gasteiger partial charge < -0.3 is 20.1 Å². The van der Waals surface area contributed by atoms with Crippen LogP contribution in [0, 0.1) is 0 Å². The maximum absolute atomic E-state index is 12.1. The summed E-state index contributed by atoms with van der Waals surface area (Å²) < 4.78 is 9.98. The number of hydrogen-bond donors (Lipinski definition) is 3. The minimum absolute atomic E-state index is 0.262. The Morgan fingerprint density at radius 1 is 1.11 bits per heavy atom. The van der Waals surface area contributed by atoms with E-state index in [1.807, 2.05) is 0 Å². The molecule has 0 aliphatic heterocycles. The van der Waals surface area contributed by atoms with E-state index in [4.69, 9.17) is 9.47 Å². The first-order chi connectivity index (χ1) is 12.5. The molecule has 9 heteroatoms. The highest BCUT2D eigenvalue weighted by Crippen LogP contribution is 2.16. The average molecular weight is 379 g/mol. The smallest absolute Gasteiger partial charge is 0.326 e. The summed E-state index contributed by atoms with van der Waals surface area (Å²) in [5.41, 5.74) is -0.259. The van der Waals surface area contributed by atoms with Crippen molar-refractivity contribution in [2.24, 2.45) is 0 Å². The van der Waals surface area contributed by atoms with Crippen LogP contribution in [0.1, 0.15) is 38.1 Å². The number of methoxy groups -OCH3 is 1. The van der Waals surface area contributed by atoms with Gasteiger partial charge in [0.05, 0.1) is 12.7 Å². The molecule has 27 heavy (non-hydrogen) atoms. The van der Waals surface area contributed by atoms with Crippen LogP contribution < -0.4 is 20.7 Å². The normalized spacial score (nSPS) is 11.7. The fourth-order valence-corrected chi connectivity index (χ4v) is 1.96. The van der Waals surface area contributed by atoms with Crippen LogP contribution in [-0.2, 0) is 14.3 Å². The van der Waals surface area contributed by atoms with Gasteiger partial charge in [0.1, 0.15) is 12.3 Å². The Balaban J connectivity index is 2.48. The lowest BCUT2D eigenvalue weighted by atomic mass is 10.1. The molecule has 1 aromatic carbocycles. The van der Waals surface area contributed by atoms with Crippen LogP contribution >= 0.6 is 0 Å². The predicted molar refractivity (Wildman–Crippen MR) is 97.3 cm³/mol. The molecule has 1 atom stereocenters. The fourth-order valence-electron chi connectivity index (χ4n) is 1.96. The Kier molecular flexibility index (Phi) is 7.77. The second kappa shape index (κ2) is 9.56. The van der Waals surface area contributed by atoms with E-state index in [0.29, 0.717) is 5.75 Å². The lowest BCUT2D eigenvalue weighted by Crippen LogP contribution is -2.50. The SMILES string of the molecule is COc1ccccc1C(=O)NCC(=O)O[C@H](C)C(=O)NC(=O)NC(C)(C)C. The van der Waals surface area contributed by atoms with Gasteiger partial charge in [-0.05, 0) is 39.8 Å². The zero-order chi connectivity index (χ0) is 20.6. The van der Waals surface area contributed by atoms with Crippen LogP contribution in [0.4, 0.5) is 4.79 Å². The molecule has 0 saturated heterocycles. The van der Waals surface area contributed by atoms with E-state index in [2.05, 4.69) is 16.0 Å². The summed E-state index contributed by atoms with van der Waals surface area (Å²) in [6.45, 7) is 6.14. The van der Waals surface area contributed by atoms with Gasteiger partial charge in [0.25, 0.3) is 11.8 Å². The molecular formula is C18H25N3O6. The first kappa shape index (κ1) is 21.9. The lowest BCUT2D eigenvalue weighted by Gasteiger charge is -2.21. The maximum atomic E-state index is 12.1. The second-order valence-electron chi connectivity index (χ2n) is 6.71. The molecule has 0 fully saturated rings. The van der Waals surface area contributed by atoms with Crippen LogP contribution in [0.3, 0.4) is 0 Å². The van der Waals surface area contributed by atoms with Gasteiger partial charge in [-0.25, -0.2) is 4.79 Å². The summed E-state index contributed by atoms with van der Waals surface area (Å²) in [5.74, 6) is -1.76. The Labute approximate surface area is 157 Å². The summed E-state index contributed by atoms with van der Waals surface area (Å²) in [6, 6.07) is 5.83. The number of nitrogens with one attached hydrogen (secondary N) is 3. The van der Waals surface area contributed by atoms with Crippen molar-refractivity contribution < 1.29 is 28.7 Å². The Morgan fingerprint density at radius 2 is 1.74 bits per heavy atom. The molecule has 1 aromatic rings. The van der Waals surface area contributed by atoms with Gasteiger partial charge in [-0.3, -0.25) is 19.7 Å². The summed E-state index contributed by atoms with van der Waals surface area (Å²) in [5, 5.41) is 7.01. The van der Waals surface area contributed by atoms with Crippen molar-refractivity contribution in [3.8, 4) is 5.75 Å². The van der Waals surface area contributed by atoms with Crippen molar-refractivity contribution in [2.45, 2.75) is 39.3 Å². The van der Waals surface area contributed by atoms with Crippen LogP contribution in [0.2, 0.25) is 0 Å². The number of hydrogen-bond acceptors (Lipinski definition) is 6. The van der Waals surface area contributed by atoms with E-state index in [1.54, 1.807) is 45.0 Å². The zero-order valence-corrected chi connectivity index (χ0v) is 16.0. The zero-order valence-electron chi connectivity index (χ0n) is 16.0. The second-order valence-corrected chi connectivity index (χ2v) is 6.71. The quantitative estimate of drug-likeness (QED) is 0.633. The van der Waals surface area contributed by atoms with Crippen molar-refractivity contribution in [3.05, 3.63) is 29.8 Å². The van der Waals surface area contributed by atoms with E-state index in [-0.39, 0.29) is 5.56 Å². The number of carbonyl (C=O) groups is 4. The van der Waals surface area contributed by atoms with Crippen molar-refractivity contribution in [1.29, 1.82) is 0 Å². The summed E-state index contributed by atoms with van der Waals surface area (Å²) in [6.07, 6.45) is -1.20. The molecule has 0 aromatic heterocycles. The van der Waals surface area contributed by atoms with Crippen LogP contribution in [-0.4, -0.2) is 49.1 Å². The summed E-state index contributed by atoms with van der Waals surface area (Å²) >= 11 is 0. The van der Waals surface area contributed by atoms with Gasteiger partial charge in [0.2, 0.25) is 0 Å². The maximum Gasteiger partial charge on any atom is 0.326 e. The molecule has 0 aliphatic rings. The molecule has 1 rings (SSSR count). The highest BCUT2D eigenvalue weighted by molar-refractivity contribution is 5.99. The van der Waals surface area contributed by atoms with Crippen LogP contribution in [0.15, 0.2) is 24.3 Å². The topological polar surface area (TPSA) is 123 Å². The van der Waals surface area contributed by atoms with Crippen LogP contribution in [0.25, 0.3) is 0 Å². The molecule has 148 valence electrons. The van der Waals surface area contributed by atoms with Gasteiger partial charge in [0, 0.05) is 5.54 Å². The van der Waals surface area contributed by atoms with Crippen molar-refractivity contribution in [3.63, 3.8) is 0 Å². The van der Waals surface area contributed by atoms with Gasteiger partial charge in [-0.2, -0.15) is 0 Å². The Morgan fingerprint density at radius 3 is 2.33 bits per heavy atom. The first-order valence-corrected chi connectivity index (χ1v) is 8.27. The van der Waals surface area contributed by atoms with Gasteiger partial charge in [-0.1, -0.05) is 12.1 Å². The van der Waals surface area contributed by atoms with E-state index in [9.17, 15) is 19.2 Å². The van der Waals surface area contributed by atoms with Crippen molar-refractivity contribution >= 4 is 23.8 Å². The third-order valence-corrected chi connectivity index (χ3v) is 3.15. The van der Waals surface area contributed by atoms with Gasteiger partial charge in [-0.15, -0.1) is 0 Å². The third-order valence-electron chi connectivity index (χ3n) is 3.15. The number of ether oxygens (including phenoxy) is 2. The number of rotatable bonds is 6. The molecule has 9 nitrogen and oxygen atoms in total. The number of esters is 1. The molecule has 0 spiro atoms. The van der Waals surface area contributed by atoms with Gasteiger partial charge in [0.15, 0.2) is 6.10 Å². The predicted octanol–water partition coefficient (Wildman–Crippen LogP) is 0.981. The summed E-state index contributed by atoms with van der Waals surface area (Å²) in [4.78, 5) is 47.4. The van der Waals surface area contributed by atoms with Crippen molar-refractivity contribution in [1.82, 2.24) is 16.0 Å². The van der Waals surface area contributed by atoms with Crippen molar-refractivity contribution in [2.75, 3.05) is 13.7 Å². The minimum Gasteiger partial charge on any atom is -0.496 e. The molecule has 0 unspecified atom stereocenters. The molecule has 0 aliphatic carbocycles. The first-order valence-electron chi connectivity index (χ1n) is 8.27. The number of para-hydroxylation sites is 1. The monoisotopic (exact) mass is 379 g/mol. The van der Waals surface area contributed by atoms with Gasteiger partial charge >= 0.3 is 12.0 Å². The lowest BCUT2D eigenvalue weighted by molar-refractivity contribution is -0.153. The highest BCUT2D eigenvalue weighted by atomic mass is 16.5. The van der Waals surface area contributed by atoms with E-state index in [1.165, 1.54) is 14.0 Å². The number of amides is 4. The molecule has 4 amide bonds. The number of benzene rings is 1. The fraction of sp³-hybridized carbons (Fsp3) is 0.444. The van der Waals surface area contributed by atoms with E-state index in [0.717, 1.165) is 0 Å². The average Bonchev–Trinajstić information content (AvgIpc) is 2.57. The molecule has 0 heterocycles. The largest absolute Gasteiger partial charge is 0.496 e. The molecule has 0 radical (unpaired) electrons. The molecule has 0 saturated carbocycles. The van der Waals surface area contributed by atoms with E-state index < -0.39 is 42.0 Å². The third kappa shape index (κ3) is 7.76. The minimum atomic E-state index is -1.20.